The number of nitrogens with one attached hydrogen (secondary N) is 1. The molecule has 1 aliphatic carbocycles. The summed E-state index contributed by atoms with van der Waals surface area (Å²) in [6.07, 6.45) is 6.21. The quantitative estimate of drug-likeness (QED) is 0.870. The smallest absolute Gasteiger partial charge is 0.120 e. The maximum absolute atomic E-state index is 8.92. The van der Waals surface area contributed by atoms with Crippen molar-refractivity contribution < 1.29 is 0 Å². The molecule has 1 aliphatic heterocycles. The zero-order chi connectivity index (χ0) is 13.2. The first-order valence-corrected chi connectivity index (χ1v) is 7.26. The summed E-state index contributed by atoms with van der Waals surface area (Å²) >= 11 is 0. The van der Waals surface area contributed by atoms with E-state index in [0.29, 0.717) is 0 Å². The first-order chi connectivity index (χ1) is 9.26. The van der Waals surface area contributed by atoms with Gasteiger partial charge in [0.1, 0.15) is 11.8 Å². The van der Waals surface area contributed by atoms with Crippen LogP contribution in [-0.2, 0) is 13.6 Å². The topological polar surface area (TPSA) is 44.0 Å². The molecule has 1 aromatic rings. The molecule has 0 bridgehead atoms. The number of likely N-dealkylation sites (tertiary alicyclic amines) is 1. The molecule has 19 heavy (non-hydrogen) atoms. The van der Waals surface area contributed by atoms with Crippen LogP contribution < -0.4 is 5.32 Å². The highest BCUT2D eigenvalue weighted by Crippen LogP contribution is 2.31. The van der Waals surface area contributed by atoms with E-state index in [4.69, 9.17) is 5.26 Å². The fraction of sp³-hybridized carbons (Fsp3) is 0.667. The molecular weight excluding hydrogens is 236 g/mol. The maximum Gasteiger partial charge on any atom is 0.120 e. The van der Waals surface area contributed by atoms with Crippen molar-refractivity contribution in [2.75, 3.05) is 19.6 Å². The van der Waals surface area contributed by atoms with Gasteiger partial charge in [-0.25, -0.2) is 0 Å². The second-order valence-corrected chi connectivity index (χ2v) is 5.97. The maximum atomic E-state index is 8.92. The fourth-order valence-corrected chi connectivity index (χ4v) is 3.06. The van der Waals surface area contributed by atoms with Gasteiger partial charge in [-0.1, -0.05) is 0 Å². The first kappa shape index (κ1) is 12.7. The highest BCUT2D eigenvalue weighted by molar-refractivity contribution is 5.28. The van der Waals surface area contributed by atoms with Crippen molar-refractivity contribution in [2.45, 2.75) is 31.8 Å². The van der Waals surface area contributed by atoms with Gasteiger partial charge in [0.25, 0.3) is 0 Å². The van der Waals surface area contributed by atoms with Crippen LogP contribution in [-0.4, -0.2) is 35.1 Å². The largest absolute Gasteiger partial charge is 0.342 e. The van der Waals surface area contributed by atoms with Gasteiger partial charge in [0.15, 0.2) is 0 Å². The monoisotopic (exact) mass is 258 g/mol. The average molecular weight is 258 g/mol. The fourth-order valence-electron chi connectivity index (χ4n) is 3.06. The minimum Gasteiger partial charge on any atom is -0.342 e. The van der Waals surface area contributed by atoms with Crippen molar-refractivity contribution in [3.8, 4) is 6.07 Å². The first-order valence-electron chi connectivity index (χ1n) is 7.26. The normalized spacial score (nSPS) is 23.7. The minimum absolute atomic E-state index is 0.734. The Kier molecular flexibility index (Phi) is 3.58. The SMILES string of the molecule is Cn1cc(CNCC2CCN(C3CC3)C2)cc1C#N. The van der Waals surface area contributed by atoms with Crippen LogP contribution in [0.4, 0.5) is 0 Å². The van der Waals surface area contributed by atoms with Crippen molar-refractivity contribution in [1.82, 2.24) is 14.8 Å². The van der Waals surface area contributed by atoms with Gasteiger partial charge >= 0.3 is 0 Å². The Bertz CT molecular complexity index is 481. The molecule has 0 radical (unpaired) electrons. The van der Waals surface area contributed by atoms with Gasteiger partial charge in [0.2, 0.25) is 0 Å². The van der Waals surface area contributed by atoms with Crippen molar-refractivity contribution >= 4 is 0 Å². The number of hydrogen-bond donors (Lipinski definition) is 1. The van der Waals surface area contributed by atoms with E-state index in [1.807, 2.05) is 23.9 Å². The van der Waals surface area contributed by atoms with Crippen LogP contribution in [0.5, 0.6) is 0 Å². The Hall–Kier alpha value is -1.31. The van der Waals surface area contributed by atoms with E-state index < -0.39 is 0 Å². The lowest BCUT2D eigenvalue weighted by Crippen LogP contribution is -2.27. The summed E-state index contributed by atoms with van der Waals surface area (Å²) in [6.45, 7) is 4.53. The third-order valence-electron chi connectivity index (χ3n) is 4.32. The van der Waals surface area contributed by atoms with Crippen LogP contribution in [0.15, 0.2) is 12.3 Å². The van der Waals surface area contributed by atoms with E-state index in [1.165, 1.54) is 37.9 Å². The number of rotatable bonds is 5. The second kappa shape index (κ2) is 5.36. The van der Waals surface area contributed by atoms with Crippen LogP contribution in [0.2, 0.25) is 0 Å². The van der Waals surface area contributed by atoms with E-state index in [2.05, 4.69) is 16.3 Å². The summed E-state index contributed by atoms with van der Waals surface area (Å²) in [7, 11) is 1.92. The lowest BCUT2D eigenvalue weighted by molar-refractivity contribution is 0.312. The van der Waals surface area contributed by atoms with E-state index >= 15 is 0 Å². The lowest BCUT2D eigenvalue weighted by atomic mass is 10.1. The van der Waals surface area contributed by atoms with Crippen molar-refractivity contribution in [2.24, 2.45) is 13.0 Å². The molecule has 2 aliphatic rings. The Morgan fingerprint density at radius 2 is 2.26 bits per heavy atom. The summed E-state index contributed by atoms with van der Waals surface area (Å²) < 4.78 is 1.89. The molecule has 1 atom stereocenters. The van der Waals surface area contributed by atoms with Crippen molar-refractivity contribution in [1.29, 1.82) is 5.26 Å². The van der Waals surface area contributed by atoms with Crippen LogP contribution in [0.3, 0.4) is 0 Å². The zero-order valence-corrected chi connectivity index (χ0v) is 11.6. The molecule has 102 valence electrons. The Balaban J connectivity index is 1.42. The van der Waals surface area contributed by atoms with Crippen molar-refractivity contribution in [3.63, 3.8) is 0 Å². The number of aryl methyl sites for hydroxylation is 1. The van der Waals surface area contributed by atoms with Gasteiger partial charge in [0, 0.05) is 32.4 Å². The summed E-state index contributed by atoms with van der Waals surface area (Å²) in [6, 6.07) is 5.09. The van der Waals surface area contributed by atoms with Gasteiger partial charge in [0.05, 0.1) is 0 Å². The molecule has 1 N–H and O–H groups in total. The van der Waals surface area contributed by atoms with E-state index in [-0.39, 0.29) is 0 Å². The molecule has 1 aromatic heterocycles. The van der Waals surface area contributed by atoms with E-state index in [9.17, 15) is 0 Å². The summed E-state index contributed by atoms with van der Waals surface area (Å²) in [5.74, 6) is 0.805. The molecule has 2 heterocycles. The molecule has 4 nitrogen and oxygen atoms in total. The van der Waals surface area contributed by atoms with Gasteiger partial charge in [-0.15, -0.1) is 0 Å². The third-order valence-corrected chi connectivity index (χ3v) is 4.32. The van der Waals surface area contributed by atoms with Crippen LogP contribution in [0, 0.1) is 17.2 Å². The van der Waals surface area contributed by atoms with Gasteiger partial charge in [-0.05, 0) is 49.9 Å². The average Bonchev–Trinajstić information content (AvgIpc) is 3.04. The molecule has 3 rings (SSSR count). The molecule has 1 saturated carbocycles. The third kappa shape index (κ3) is 2.99. The van der Waals surface area contributed by atoms with E-state index in [1.54, 1.807) is 0 Å². The molecule has 0 spiro atoms. The molecule has 1 saturated heterocycles. The Morgan fingerprint density at radius 1 is 1.42 bits per heavy atom. The molecular formula is C15H22N4. The van der Waals surface area contributed by atoms with Crippen LogP contribution in [0.25, 0.3) is 0 Å². The summed E-state index contributed by atoms with van der Waals surface area (Å²) in [5, 5.41) is 12.5. The van der Waals surface area contributed by atoms with Crippen LogP contribution in [0.1, 0.15) is 30.5 Å². The predicted octanol–water partition coefficient (Wildman–Crippen LogP) is 1.47. The van der Waals surface area contributed by atoms with Gasteiger partial charge < -0.3 is 14.8 Å². The summed E-state index contributed by atoms with van der Waals surface area (Å²) in [4.78, 5) is 2.66. The highest BCUT2D eigenvalue weighted by Gasteiger charge is 2.33. The van der Waals surface area contributed by atoms with Gasteiger partial charge in [-0.2, -0.15) is 5.26 Å². The molecule has 2 fully saturated rings. The van der Waals surface area contributed by atoms with E-state index in [0.717, 1.165) is 30.7 Å². The molecule has 4 heteroatoms. The molecule has 0 amide bonds. The lowest BCUT2D eigenvalue weighted by Gasteiger charge is -2.15. The standard InChI is InChI=1S/C15H22N4/c1-18-10-13(6-15(18)7-16)9-17-8-12-4-5-19(11-12)14-2-3-14/h6,10,12,14,17H,2-5,8-9,11H2,1H3. The molecule has 0 aromatic carbocycles. The molecule has 1 unspecified atom stereocenters. The number of nitrogens with zero attached hydrogens (tertiary/aromatic N) is 3. The summed E-state index contributed by atoms with van der Waals surface area (Å²) in [5.41, 5.74) is 1.94. The zero-order valence-electron chi connectivity index (χ0n) is 11.6. The van der Waals surface area contributed by atoms with Crippen LogP contribution >= 0.6 is 0 Å². The Labute approximate surface area is 115 Å². The predicted molar refractivity (Wildman–Crippen MR) is 74.5 cm³/mol. The highest BCUT2D eigenvalue weighted by atomic mass is 15.2. The van der Waals surface area contributed by atoms with Gasteiger partial charge in [-0.3, -0.25) is 0 Å². The number of hydrogen-bond acceptors (Lipinski definition) is 3. The Morgan fingerprint density at radius 3 is 2.95 bits per heavy atom. The number of aromatic nitrogens is 1. The number of nitriles is 1. The minimum atomic E-state index is 0.734. The van der Waals surface area contributed by atoms with Crippen molar-refractivity contribution in [3.05, 3.63) is 23.5 Å². The second-order valence-electron chi connectivity index (χ2n) is 5.97.